The van der Waals surface area contributed by atoms with Gasteiger partial charge in [-0.25, -0.2) is 4.79 Å². The number of benzene rings is 7. The molecule has 0 amide bonds. The van der Waals surface area contributed by atoms with E-state index in [1.54, 1.807) is 0 Å². The van der Waals surface area contributed by atoms with Crippen LogP contribution in [0.2, 0.25) is 20.1 Å². The fourth-order valence-electron chi connectivity index (χ4n) is 7.32. The molecular formula is C52H40Cl4N2O4. The summed E-state index contributed by atoms with van der Waals surface area (Å²) >= 11 is 27.6. The maximum absolute atomic E-state index is 14.3. The molecule has 0 unspecified atom stereocenters. The third-order valence-electron chi connectivity index (χ3n) is 10.5. The van der Waals surface area contributed by atoms with Gasteiger partial charge in [0.15, 0.2) is 5.60 Å². The van der Waals surface area contributed by atoms with Crippen LogP contribution in [0, 0.1) is 0 Å². The normalized spacial score (nSPS) is 14.9. The first-order valence-corrected chi connectivity index (χ1v) is 21.2. The van der Waals surface area contributed by atoms with E-state index in [1.165, 1.54) is 0 Å². The molecular weight excluding hydrogens is 858 g/mol. The monoisotopic (exact) mass is 896 g/mol. The first kappa shape index (κ1) is 42.5. The van der Waals surface area contributed by atoms with Gasteiger partial charge in [0.25, 0.3) is 0 Å². The van der Waals surface area contributed by atoms with Gasteiger partial charge in [0.2, 0.25) is 0 Å². The van der Waals surface area contributed by atoms with Crippen LogP contribution in [0.1, 0.15) is 38.2 Å². The lowest BCUT2D eigenvalue weighted by Crippen LogP contribution is -2.23. The number of fused-ring (bicyclic) bond motifs is 1. The molecule has 310 valence electrons. The summed E-state index contributed by atoms with van der Waals surface area (Å²) in [5, 5.41) is -0.0551. The molecule has 1 heterocycles. The summed E-state index contributed by atoms with van der Waals surface area (Å²) in [5.74, 6) is 2.01. The van der Waals surface area contributed by atoms with Gasteiger partial charge in [-0.2, -0.15) is 0 Å². The Morgan fingerprint density at radius 2 is 0.806 bits per heavy atom. The number of rotatable bonds is 12. The molecule has 10 heteroatoms. The van der Waals surface area contributed by atoms with Crippen molar-refractivity contribution in [1.82, 2.24) is 0 Å². The highest BCUT2D eigenvalue weighted by Gasteiger charge is 2.48. The summed E-state index contributed by atoms with van der Waals surface area (Å²) in [6, 6.07) is 50.9. The summed E-state index contributed by atoms with van der Waals surface area (Å²) < 4.78 is 19.0. The molecule has 0 aliphatic carbocycles. The number of hydrogen-bond acceptors (Lipinski definition) is 6. The number of anilines is 2. The van der Waals surface area contributed by atoms with Crippen LogP contribution in [-0.4, -0.2) is 34.2 Å². The van der Waals surface area contributed by atoms with Crippen LogP contribution in [0.25, 0.3) is 11.1 Å². The molecule has 62 heavy (non-hydrogen) atoms. The van der Waals surface area contributed by atoms with Crippen LogP contribution in [0.3, 0.4) is 0 Å². The smallest absolute Gasteiger partial charge is 0.341 e. The molecule has 7 aromatic carbocycles. The van der Waals surface area contributed by atoms with Crippen molar-refractivity contribution < 1.29 is 19.0 Å². The average molecular weight is 899 g/mol. The van der Waals surface area contributed by atoms with Crippen molar-refractivity contribution in [2.45, 2.75) is 5.60 Å². The fraction of sp³-hybridized carbons (Fsp3) is 0.0962. The third-order valence-corrected chi connectivity index (χ3v) is 12.3. The van der Waals surface area contributed by atoms with Gasteiger partial charge in [0.1, 0.15) is 23.0 Å². The van der Waals surface area contributed by atoms with E-state index in [0.717, 1.165) is 44.8 Å². The molecule has 0 fully saturated rings. The van der Waals surface area contributed by atoms with Gasteiger partial charge in [-0.3, -0.25) is 0 Å². The summed E-state index contributed by atoms with van der Waals surface area (Å²) in [4.78, 5) is 18.4. The van der Waals surface area contributed by atoms with E-state index in [9.17, 15) is 4.79 Å². The van der Waals surface area contributed by atoms with Crippen molar-refractivity contribution >= 4 is 74.9 Å². The molecule has 6 nitrogen and oxygen atoms in total. The number of carbonyl (C=O) groups excluding carboxylic acids is 1. The predicted octanol–water partition coefficient (Wildman–Crippen LogP) is 14.6. The van der Waals surface area contributed by atoms with Crippen molar-refractivity contribution in [2.75, 3.05) is 38.0 Å². The first-order chi connectivity index (χ1) is 29.9. The molecule has 0 atom stereocenters. The van der Waals surface area contributed by atoms with Crippen LogP contribution >= 0.6 is 46.4 Å². The second-order valence-corrected chi connectivity index (χ2v) is 16.6. The lowest BCUT2D eigenvalue weighted by Gasteiger charge is -2.27. The highest BCUT2D eigenvalue weighted by Crippen LogP contribution is 2.54. The van der Waals surface area contributed by atoms with Gasteiger partial charge in [-0.15, -0.1) is 0 Å². The number of para-hydroxylation sites is 2. The Morgan fingerprint density at radius 1 is 0.468 bits per heavy atom. The zero-order chi connectivity index (χ0) is 43.5. The number of cyclic esters (lactones) is 1. The lowest BCUT2D eigenvalue weighted by molar-refractivity contribution is 0.0300. The van der Waals surface area contributed by atoms with Crippen LogP contribution in [0.4, 0.5) is 11.4 Å². The molecule has 0 saturated heterocycles. The Balaban J connectivity index is 1.39. The number of nitrogens with zero attached hydrogens (tertiary/aromatic N) is 2. The maximum atomic E-state index is 14.3. The molecule has 1 aliphatic rings. The molecule has 7 aromatic rings. The van der Waals surface area contributed by atoms with E-state index in [1.807, 2.05) is 208 Å². The van der Waals surface area contributed by atoms with Gasteiger partial charge in [0.05, 0.1) is 25.7 Å². The summed E-state index contributed by atoms with van der Waals surface area (Å²) in [6.07, 6.45) is 3.81. The van der Waals surface area contributed by atoms with Gasteiger partial charge in [-0.1, -0.05) is 131 Å². The Kier molecular flexibility index (Phi) is 12.4. The predicted molar refractivity (Wildman–Crippen MR) is 255 cm³/mol. The van der Waals surface area contributed by atoms with Crippen molar-refractivity contribution in [3.8, 4) is 23.0 Å². The molecule has 1 aliphatic heterocycles. The van der Waals surface area contributed by atoms with E-state index < -0.39 is 11.6 Å². The van der Waals surface area contributed by atoms with E-state index >= 15 is 0 Å². The lowest BCUT2D eigenvalue weighted by atomic mass is 9.83. The van der Waals surface area contributed by atoms with Crippen LogP contribution in [0.15, 0.2) is 170 Å². The van der Waals surface area contributed by atoms with Crippen LogP contribution in [0.5, 0.6) is 23.0 Å². The van der Waals surface area contributed by atoms with Crippen molar-refractivity contribution in [1.29, 1.82) is 0 Å². The maximum Gasteiger partial charge on any atom is 0.341 e. The minimum absolute atomic E-state index is 0.000146. The highest BCUT2D eigenvalue weighted by molar-refractivity contribution is 6.53. The van der Waals surface area contributed by atoms with Crippen molar-refractivity contribution in [3.63, 3.8) is 0 Å². The standard InChI is InChI=1S/C52H40Cl4N2O4/c1-57(2)37-23-15-33(16-24-37)43(35-19-27-41(28-20-35)60-39-11-7-5-8-12-39)31-52(46-45(51(59)62-52)47(53)49(55)50(56)48(46)54)32-44(34-17-25-38(26-18-34)58(3)4)36-21-29-42(30-22-36)61-40-13-9-6-10-14-40/h5-32H,1-4H3/b43-31+,44-32+. The Labute approximate surface area is 381 Å². The van der Waals surface area contributed by atoms with E-state index in [2.05, 4.69) is 0 Å². The largest absolute Gasteiger partial charge is 0.457 e. The van der Waals surface area contributed by atoms with Gasteiger partial charge < -0.3 is 24.0 Å². The molecule has 0 radical (unpaired) electrons. The number of hydrogen-bond donors (Lipinski definition) is 0. The summed E-state index contributed by atoms with van der Waals surface area (Å²) in [5.41, 5.74) is 5.36. The van der Waals surface area contributed by atoms with Crippen molar-refractivity contribution in [2.24, 2.45) is 0 Å². The minimum Gasteiger partial charge on any atom is -0.457 e. The quantitative estimate of drug-likeness (QED) is 0.0692. The van der Waals surface area contributed by atoms with Gasteiger partial charge in [-0.05, 0) is 118 Å². The second kappa shape index (κ2) is 18.1. The Bertz CT molecular complexity index is 2640. The van der Waals surface area contributed by atoms with E-state index in [4.69, 9.17) is 60.6 Å². The van der Waals surface area contributed by atoms with E-state index in [0.29, 0.717) is 23.0 Å². The first-order valence-electron chi connectivity index (χ1n) is 19.7. The Morgan fingerprint density at radius 3 is 1.18 bits per heavy atom. The highest BCUT2D eigenvalue weighted by atomic mass is 35.5. The SMILES string of the molecule is CN(C)c1ccc(/C(=C\C2(/C=C(/c3ccc(Oc4ccccc4)cc3)c3ccc(N(C)C)cc3)OC(=O)c3c(Cl)c(Cl)c(Cl)c(Cl)c32)c2ccc(Oc3ccccc3)cc2)cc1. The molecule has 0 bridgehead atoms. The fourth-order valence-corrected chi connectivity index (χ4v) is 8.40. The Hall–Kier alpha value is -6.15. The number of esters is 1. The summed E-state index contributed by atoms with van der Waals surface area (Å²) in [6.45, 7) is 0. The summed E-state index contributed by atoms with van der Waals surface area (Å²) in [7, 11) is 7.94. The molecule has 0 saturated carbocycles. The van der Waals surface area contributed by atoms with Crippen LogP contribution < -0.4 is 19.3 Å². The topological polar surface area (TPSA) is 51.2 Å². The zero-order valence-corrected chi connectivity index (χ0v) is 37.2. The molecule has 0 spiro atoms. The molecule has 0 N–H and O–H groups in total. The molecule has 8 rings (SSSR count). The van der Waals surface area contributed by atoms with Gasteiger partial charge >= 0.3 is 5.97 Å². The third kappa shape index (κ3) is 8.78. The molecule has 0 aromatic heterocycles. The van der Waals surface area contributed by atoms with Crippen LogP contribution in [-0.2, 0) is 10.3 Å². The second-order valence-electron chi connectivity index (χ2n) is 15.1. The number of carbonyl (C=O) groups is 1. The van der Waals surface area contributed by atoms with E-state index in [-0.39, 0.29) is 31.2 Å². The number of halogens is 4. The average Bonchev–Trinajstić information content (AvgIpc) is 3.58. The number of ether oxygens (including phenoxy) is 3. The minimum atomic E-state index is -1.69. The van der Waals surface area contributed by atoms with Crippen molar-refractivity contribution in [3.05, 3.63) is 223 Å². The zero-order valence-electron chi connectivity index (χ0n) is 34.2. The van der Waals surface area contributed by atoms with Gasteiger partial charge in [0, 0.05) is 45.1 Å².